The van der Waals surface area contributed by atoms with E-state index in [1.54, 1.807) is 47.8 Å². The zero-order chi connectivity index (χ0) is 19.7. The smallest absolute Gasteiger partial charge is 0.362 e. The summed E-state index contributed by atoms with van der Waals surface area (Å²) in [7, 11) is 0. The zero-order valence-electron chi connectivity index (χ0n) is 15.6. The molecule has 7 heteroatoms. The van der Waals surface area contributed by atoms with Crippen LogP contribution in [0.1, 0.15) is 16.8 Å². The first-order chi connectivity index (χ1) is 13.5. The molecule has 0 spiro atoms. The zero-order valence-corrected chi connectivity index (χ0v) is 16.3. The average molecular weight is 395 g/mol. The van der Waals surface area contributed by atoms with Crippen LogP contribution in [0.15, 0.2) is 55.0 Å². The van der Waals surface area contributed by atoms with Crippen molar-refractivity contribution < 1.29 is 9.63 Å². The van der Waals surface area contributed by atoms with E-state index in [1.807, 2.05) is 26.0 Å². The van der Waals surface area contributed by atoms with E-state index >= 15 is 0 Å². The Morgan fingerprint density at radius 3 is 2.79 bits per heavy atom. The molecule has 4 rings (SSSR count). The molecule has 3 aromatic rings. The fourth-order valence-electron chi connectivity index (χ4n) is 3.18. The van der Waals surface area contributed by atoms with Crippen LogP contribution in [0.2, 0.25) is 5.02 Å². The van der Waals surface area contributed by atoms with Crippen LogP contribution in [0.4, 0.5) is 16.2 Å². The molecule has 0 radical (unpaired) electrons. The molecule has 6 nitrogen and oxygen atoms in total. The number of aryl methyl sites for hydroxylation is 2. The third-order valence-corrected chi connectivity index (χ3v) is 5.10. The number of hydrogen-bond acceptors (Lipinski definition) is 4. The third-order valence-electron chi connectivity index (χ3n) is 4.69. The number of rotatable bonds is 3. The lowest BCUT2D eigenvalue weighted by atomic mass is 10.1. The summed E-state index contributed by atoms with van der Waals surface area (Å²) < 4.78 is 0. The van der Waals surface area contributed by atoms with E-state index in [0.29, 0.717) is 28.7 Å². The molecule has 0 aliphatic carbocycles. The minimum absolute atomic E-state index is 0.310. The predicted molar refractivity (Wildman–Crippen MR) is 109 cm³/mol. The van der Waals surface area contributed by atoms with Gasteiger partial charge in [0, 0.05) is 24.0 Å². The highest BCUT2D eigenvalue weighted by atomic mass is 35.5. The van der Waals surface area contributed by atoms with Crippen LogP contribution < -0.4 is 14.8 Å². The van der Waals surface area contributed by atoms with Gasteiger partial charge in [-0.3, -0.25) is 14.9 Å². The van der Waals surface area contributed by atoms with Gasteiger partial charge in [0.25, 0.3) is 0 Å². The standard InChI is InChI=1S/C21H19ClN4O2/c1-14-11-16-7-10-25(19(16)12-18(14)22)21(27)26(17-5-3-8-23-13-17)28-20-6-4-9-24-15(20)2/h3-6,8-9,11-13H,7,10H2,1-2H3. The molecule has 142 valence electrons. The second-order valence-electron chi connectivity index (χ2n) is 6.60. The molecule has 0 saturated carbocycles. The number of fused-ring (bicyclic) bond motifs is 1. The number of amides is 2. The van der Waals surface area contributed by atoms with Crippen molar-refractivity contribution in [1.82, 2.24) is 9.97 Å². The van der Waals surface area contributed by atoms with Gasteiger partial charge in [0.2, 0.25) is 0 Å². The first kappa shape index (κ1) is 18.3. The van der Waals surface area contributed by atoms with Crippen LogP contribution in [0.5, 0.6) is 5.75 Å². The van der Waals surface area contributed by atoms with Crippen LogP contribution >= 0.6 is 11.6 Å². The number of hydrogen-bond donors (Lipinski definition) is 0. The van der Waals surface area contributed by atoms with Crippen molar-refractivity contribution in [2.75, 3.05) is 16.5 Å². The number of pyridine rings is 2. The van der Waals surface area contributed by atoms with Crippen LogP contribution in [-0.2, 0) is 6.42 Å². The maximum atomic E-state index is 13.5. The first-order valence-electron chi connectivity index (χ1n) is 8.95. The number of nitrogens with zero attached hydrogens (tertiary/aromatic N) is 4. The van der Waals surface area contributed by atoms with Crippen molar-refractivity contribution >= 4 is 29.0 Å². The summed E-state index contributed by atoms with van der Waals surface area (Å²) in [5.41, 5.74) is 4.12. The molecule has 28 heavy (non-hydrogen) atoms. The van der Waals surface area contributed by atoms with Crippen molar-refractivity contribution in [3.05, 3.63) is 76.8 Å². The average Bonchev–Trinajstić information content (AvgIpc) is 3.10. The fraction of sp³-hybridized carbons (Fsp3) is 0.190. The van der Waals surface area contributed by atoms with Crippen molar-refractivity contribution in [3.63, 3.8) is 0 Å². The van der Waals surface area contributed by atoms with Gasteiger partial charge in [-0.25, -0.2) is 4.79 Å². The lowest BCUT2D eigenvalue weighted by Gasteiger charge is -2.28. The molecule has 0 bridgehead atoms. The van der Waals surface area contributed by atoms with E-state index in [0.717, 1.165) is 23.2 Å². The molecular weight excluding hydrogens is 376 g/mol. The lowest BCUT2D eigenvalue weighted by molar-refractivity contribution is 0.218. The second-order valence-corrected chi connectivity index (χ2v) is 7.01. The normalized spacial score (nSPS) is 12.6. The van der Waals surface area contributed by atoms with Gasteiger partial charge in [-0.15, -0.1) is 5.06 Å². The third kappa shape index (κ3) is 3.39. The molecular formula is C21H19ClN4O2. The second kappa shape index (κ2) is 7.48. The monoisotopic (exact) mass is 394 g/mol. The minimum atomic E-state index is -0.310. The van der Waals surface area contributed by atoms with Crippen LogP contribution in [0, 0.1) is 13.8 Å². The summed E-state index contributed by atoms with van der Waals surface area (Å²) in [4.78, 5) is 29.5. The topological polar surface area (TPSA) is 58.6 Å². The van der Waals surface area contributed by atoms with E-state index < -0.39 is 0 Å². The number of hydroxylamine groups is 1. The molecule has 0 fully saturated rings. The Labute approximate surface area is 168 Å². The fourth-order valence-corrected chi connectivity index (χ4v) is 3.34. The molecule has 1 aliphatic rings. The number of halogens is 1. The van der Waals surface area contributed by atoms with Crippen molar-refractivity contribution in [2.24, 2.45) is 0 Å². The summed E-state index contributed by atoms with van der Waals surface area (Å²) in [6.45, 7) is 4.35. The summed E-state index contributed by atoms with van der Waals surface area (Å²) in [5.74, 6) is 0.501. The van der Waals surface area contributed by atoms with Gasteiger partial charge >= 0.3 is 6.03 Å². The van der Waals surface area contributed by atoms with Gasteiger partial charge in [0.15, 0.2) is 5.75 Å². The summed E-state index contributed by atoms with van der Waals surface area (Å²) in [6, 6.07) is 10.6. The molecule has 0 atom stereocenters. The van der Waals surface area contributed by atoms with E-state index in [2.05, 4.69) is 9.97 Å². The first-order valence-corrected chi connectivity index (χ1v) is 9.32. The maximum Gasteiger partial charge on any atom is 0.362 e. The Kier molecular flexibility index (Phi) is 4.88. The van der Waals surface area contributed by atoms with Crippen molar-refractivity contribution in [3.8, 4) is 5.75 Å². The summed E-state index contributed by atoms with van der Waals surface area (Å²) in [6.07, 6.45) is 5.68. The Morgan fingerprint density at radius 1 is 1.21 bits per heavy atom. The Morgan fingerprint density at radius 2 is 2.04 bits per heavy atom. The molecule has 1 aromatic carbocycles. The van der Waals surface area contributed by atoms with Crippen LogP contribution in [0.25, 0.3) is 0 Å². The van der Waals surface area contributed by atoms with E-state index in [9.17, 15) is 4.79 Å². The molecule has 2 amide bonds. The van der Waals surface area contributed by atoms with Gasteiger partial charge in [0.1, 0.15) is 5.69 Å². The highest BCUT2D eigenvalue weighted by Crippen LogP contribution is 2.34. The Balaban J connectivity index is 1.71. The summed E-state index contributed by atoms with van der Waals surface area (Å²) in [5, 5.41) is 1.88. The van der Waals surface area contributed by atoms with Crippen molar-refractivity contribution in [2.45, 2.75) is 20.3 Å². The van der Waals surface area contributed by atoms with E-state index in [1.165, 1.54) is 5.06 Å². The predicted octanol–water partition coefficient (Wildman–Crippen LogP) is 4.73. The Hall–Kier alpha value is -3.12. The SMILES string of the molecule is Cc1cc2c(cc1Cl)N(C(=O)N(Oc1cccnc1C)c1cccnc1)CC2. The van der Waals surface area contributed by atoms with E-state index in [-0.39, 0.29) is 6.03 Å². The van der Waals surface area contributed by atoms with Crippen LogP contribution in [0.3, 0.4) is 0 Å². The highest BCUT2D eigenvalue weighted by molar-refractivity contribution is 6.31. The quantitative estimate of drug-likeness (QED) is 0.602. The summed E-state index contributed by atoms with van der Waals surface area (Å²) >= 11 is 6.31. The maximum absolute atomic E-state index is 13.5. The van der Waals surface area contributed by atoms with Crippen molar-refractivity contribution in [1.29, 1.82) is 0 Å². The van der Waals surface area contributed by atoms with Gasteiger partial charge in [-0.05, 0) is 61.7 Å². The van der Waals surface area contributed by atoms with Gasteiger partial charge in [0.05, 0.1) is 17.6 Å². The molecule has 0 N–H and O–H groups in total. The Bertz CT molecular complexity index is 1030. The molecule has 3 heterocycles. The van der Waals surface area contributed by atoms with Gasteiger partial charge in [-0.1, -0.05) is 17.7 Å². The number of urea groups is 1. The van der Waals surface area contributed by atoms with E-state index in [4.69, 9.17) is 16.4 Å². The van der Waals surface area contributed by atoms with Gasteiger partial charge < -0.3 is 4.84 Å². The van der Waals surface area contributed by atoms with Gasteiger partial charge in [-0.2, -0.15) is 0 Å². The number of anilines is 2. The lowest BCUT2D eigenvalue weighted by Crippen LogP contribution is -2.45. The number of benzene rings is 1. The van der Waals surface area contributed by atoms with Crippen LogP contribution in [-0.4, -0.2) is 22.5 Å². The molecule has 0 saturated heterocycles. The molecule has 1 aliphatic heterocycles. The highest BCUT2D eigenvalue weighted by Gasteiger charge is 2.31. The number of aromatic nitrogens is 2. The largest absolute Gasteiger partial charge is 0.368 e. The minimum Gasteiger partial charge on any atom is -0.368 e. The molecule has 2 aromatic heterocycles. The number of carbonyl (C=O) groups is 1. The number of carbonyl (C=O) groups excluding carboxylic acids is 1. The molecule has 0 unspecified atom stereocenters.